The van der Waals surface area contributed by atoms with Crippen LogP contribution < -0.4 is 11.5 Å². The minimum absolute atomic E-state index is 0.215. The predicted molar refractivity (Wildman–Crippen MR) is 51.9 cm³/mol. The largest absolute Gasteiger partial charge is 0.329 e. The average Bonchev–Trinajstić information content (AvgIpc) is 2.57. The van der Waals surface area contributed by atoms with Crippen molar-refractivity contribution in [2.75, 3.05) is 26.2 Å². The molecule has 0 bridgehead atoms. The Morgan fingerprint density at radius 3 is 2.50 bits per heavy atom. The summed E-state index contributed by atoms with van der Waals surface area (Å²) in [5.41, 5.74) is 11.1. The number of nitrogens with two attached hydrogens (primary N) is 2. The Bertz CT molecular complexity index is 110. The molecule has 0 unspecified atom stereocenters. The van der Waals surface area contributed by atoms with Crippen LogP contribution in [0.3, 0.4) is 0 Å². The van der Waals surface area contributed by atoms with Crippen LogP contribution in [0, 0.1) is 0 Å². The van der Waals surface area contributed by atoms with E-state index in [-0.39, 0.29) is 6.04 Å². The van der Waals surface area contributed by atoms with Gasteiger partial charge in [0.05, 0.1) is 0 Å². The summed E-state index contributed by atoms with van der Waals surface area (Å²) in [4.78, 5) is 2.52. The van der Waals surface area contributed by atoms with Gasteiger partial charge in [0.25, 0.3) is 0 Å². The molecule has 0 aliphatic carbocycles. The molecule has 12 heavy (non-hydrogen) atoms. The standard InChI is InChI=1S/C9H21N3/c10-8-9(11)4-3-7-12-5-1-2-6-12/h9H,1-8,10-11H2/t9-/m0/s1. The maximum Gasteiger partial charge on any atom is 0.0163 e. The van der Waals surface area contributed by atoms with Crippen molar-refractivity contribution in [3.05, 3.63) is 0 Å². The lowest BCUT2D eigenvalue weighted by molar-refractivity contribution is 0.325. The Labute approximate surface area is 75.1 Å². The number of rotatable bonds is 5. The Hall–Kier alpha value is -0.120. The minimum Gasteiger partial charge on any atom is -0.329 e. The molecule has 0 aromatic heterocycles. The van der Waals surface area contributed by atoms with Crippen molar-refractivity contribution in [2.24, 2.45) is 11.5 Å². The lowest BCUT2D eigenvalue weighted by Gasteiger charge is -2.15. The third kappa shape index (κ3) is 3.52. The molecule has 1 atom stereocenters. The normalized spacial score (nSPS) is 21.5. The molecule has 1 aliphatic rings. The quantitative estimate of drug-likeness (QED) is 0.619. The molecular weight excluding hydrogens is 150 g/mol. The van der Waals surface area contributed by atoms with E-state index in [9.17, 15) is 0 Å². The molecule has 0 radical (unpaired) electrons. The van der Waals surface area contributed by atoms with Crippen molar-refractivity contribution in [3.8, 4) is 0 Å². The molecule has 1 aliphatic heterocycles. The van der Waals surface area contributed by atoms with Crippen molar-refractivity contribution in [3.63, 3.8) is 0 Å². The van der Waals surface area contributed by atoms with E-state index in [0.29, 0.717) is 6.54 Å². The summed E-state index contributed by atoms with van der Waals surface area (Å²) in [6.45, 7) is 4.42. The fraction of sp³-hybridized carbons (Fsp3) is 1.00. The summed E-state index contributed by atoms with van der Waals surface area (Å²) < 4.78 is 0. The van der Waals surface area contributed by atoms with E-state index in [1.165, 1.54) is 38.9 Å². The van der Waals surface area contributed by atoms with Crippen molar-refractivity contribution in [2.45, 2.75) is 31.7 Å². The SMILES string of the molecule is NC[C@@H](N)CCCN1CCCC1. The van der Waals surface area contributed by atoms with Gasteiger partial charge in [0.1, 0.15) is 0 Å². The molecule has 1 heterocycles. The Kier molecular flexibility index (Phi) is 4.58. The van der Waals surface area contributed by atoms with Crippen molar-refractivity contribution < 1.29 is 0 Å². The minimum atomic E-state index is 0.215. The molecular formula is C9H21N3. The van der Waals surface area contributed by atoms with Gasteiger partial charge in [-0.2, -0.15) is 0 Å². The van der Waals surface area contributed by atoms with Crippen LogP contribution in [0.25, 0.3) is 0 Å². The highest BCUT2D eigenvalue weighted by Crippen LogP contribution is 2.08. The van der Waals surface area contributed by atoms with Gasteiger partial charge in [-0.3, -0.25) is 0 Å². The molecule has 1 rings (SSSR count). The fourth-order valence-electron chi connectivity index (χ4n) is 1.70. The van der Waals surface area contributed by atoms with E-state index in [1.807, 2.05) is 0 Å². The van der Waals surface area contributed by atoms with Crippen LogP contribution >= 0.6 is 0 Å². The van der Waals surface area contributed by atoms with Gasteiger partial charge in [-0.1, -0.05) is 0 Å². The van der Waals surface area contributed by atoms with E-state index in [0.717, 1.165) is 6.42 Å². The van der Waals surface area contributed by atoms with E-state index in [2.05, 4.69) is 4.90 Å². The van der Waals surface area contributed by atoms with Crippen LogP contribution in [0.2, 0.25) is 0 Å². The van der Waals surface area contributed by atoms with Crippen molar-refractivity contribution >= 4 is 0 Å². The highest BCUT2D eigenvalue weighted by atomic mass is 15.1. The van der Waals surface area contributed by atoms with Gasteiger partial charge in [-0.15, -0.1) is 0 Å². The Balaban J connectivity index is 1.94. The van der Waals surface area contributed by atoms with E-state index in [1.54, 1.807) is 0 Å². The maximum atomic E-state index is 5.71. The summed E-state index contributed by atoms with van der Waals surface area (Å²) in [5.74, 6) is 0. The van der Waals surface area contributed by atoms with Crippen LogP contribution in [-0.2, 0) is 0 Å². The first-order valence-corrected chi connectivity index (χ1v) is 5.01. The van der Waals surface area contributed by atoms with Gasteiger partial charge >= 0.3 is 0 Å². The predicted octanol–water partition coefficient (Wildman–Crippen LogP) is 0.148. The van der Waals surface area contributed by atoms with Crippen LogP contribution in [0.15, 0.2) is 0 Å². The van der Waals surface area contributed by atoms with Gasteiger partial charge in [0.15, 0.2) is 0 Å². The second kappa shape index (κ2) is 5.51. The Morgan fingerprint density at radius 2 is 1.92 bits per heavy atom. The first kappa shape index (κ1) is 9.96. The zero-order valence-electron chi connectivity index (χ0n) is 7.84. The third-order valence-electron chi connectivity index (χ3n) is 2.55. The lowest BCUT2D eigenvalue weighted by atomic mass is 10.1. The smallest absolute Gasteiger partial charge is 0.0163 e. The molecule has 1 fully saturated rings. The van der Waals surface area contributed by atoms with Crippen LogP contribution in [0.5, 0.6) is 0 Å². The summed E-state index contributed by atoms with van der Waals surface area (Å²) in [7, 11) is 0. The fourth-order valence-corrected chi connectivity index (χ4v) is 1.70. The molecule has 0 aromatic rings. The van der Waals surface area contributed by atoms with Crippen LogP contribution in [0.4, 0.5) is 0 Å². The first-order valence-electron chi connectivity index (χ1n) is 5.01. The molecule has 3 nitrogen and oxygen atoms in total. The van der Waals surface area contributed by atoms with Crippen molar-refractivity contribution in [1.82, 2.24) is 4.90 Å². The van der Waals surface area contributed by atoms with E-state index in [4.69, 9.17) is 11.5 Å². The number of hydrogen-bond acceptors (Lipinski definition) is 3. The van der Waals surface area contributed by atoms with Gasteiger partial charge in [0, 0.05) is 12.6 Å². The molecule has 72 valence electrons. The molecule has 0 spiro atoms. The summed E-state index contributed by atoms with van der Waals surface area (Å²) in [6, 6.07) is 0.215. The number of likely N-dealkylation sites (tertiary alicyclic amines) is 1. The van der Waals surface area contributed by atoms with Crippen LogP contribution in [-0.4, -0.2) is 37.1 Å². The summed E-state index contributed by atoms with van der Waals surface area (Å²) >= 11 is 0. The van der Waals surface area contributed by atoms with E-state index >= 15 is 0 Å². The van der Waals surface area contributed by atoms with Gasteiger partial charge in [-0.25, -0.2) is 0 Å². The molecule has 4 N–H and O–H groups in total. The molecule has 1 saturated heterocycles. The highest BCUT2D eigenvalue weighted by molar-refractivity contribution is 4.68. The molecule has 0 aromatic carbocycles. The Morgan fingerprint density at radius 1 is 1.25 bits per heavy atom. The highest BCUT2D eigenvalue weighted by Gasteiger charge is 2.10. The first-order chi connectivity index (χ1) is 5.83. The van der Waals surface area contributed by atoms with Gasteiger partial charge < -0.3 is 16.4 Å². The zero-order chi connectivity index (χ0) is 8.81. The molecule has 0 amide bonds. The van der Waals surface area contributed by atoms with Gasteiger partial charge in [-0.05, 0) is 45.3 Å². The molecule has 0 saturated carbocycles. The summed E-state index contributed by atoms with van der Waals surface area (Å²) in [5, 5.41) is 0. The maximum absolute atomic E-state index is 5.71. The average molecular weight is 171 g/mol. The second-order valence-corrected chi connectivity index (χ2v) is 3.69. The monoisotopic (exact) mass is 171 g/mol. The second-order valence-electron chi connectivity index (χ2n) is 3.69. The summed E-state index contributed by atoms with van der Waals surface area (Å²) in [6.07, 6.45) is 5.04. The number of nitrogens with zero attached hydrogens (tertiary/aromatic N) is 1. The van der Waals surface area contributed by atoms with Crippen molar-refractivity contribution in [1.29, 1.82) is 0 Å². The lowest BCUT2D eigenvalue weighted by Crippen LogP contribution is -2.31. The third-order valence-corrected chi connectivity index (χ3v) is 2.55. The molecule has 3 heteroatoms. The zero-order valence-corrected chi connectivity index (χ0v) is 7.84. The van der Waals surface area contributed by atoms with Gasteiger partial charge in [0.2, 0.25) is 0 Å². The number of hydrogen-bond donors (Lipinski definition) is 2. The van der Waals surface area contributed by atoms with Crippen LogP contribution in [0.1, 0.15) is 25.7 Å². The van der Waals surface area contributed by atoms with E-state index < -0.39 is 0 Å². The topological polar surface area (TPSA) is 55.3 Å².